The van der Waals surface area contributed by atoms with Gasteiger partial charge in [-0.2, -0.15) is 0 Å². The van der Waals surface area contributed by atoms with Crippen LogP contribution in [0.25, 0.3) is 0 Å². The number of hydrogen-bond acceptors (Lipinski definition) is 4. The molecule has 0 unspecified atom stereocenters. The van der Waals surface area contributed by atoms with Crippen LogP contribution in [0.5, 0.6) is 5.75 Å². The number of anilines is 1. The van der Waals surface area contributed by atoms with E-state index in [9.17, 15) is 17.6 Å². The molecule has 0 spiro atoms. The van der Waals surface area contributed by atoms with E-state index in [-0.39, 0.29) is 29.4 Å². The molecule has 0 aliphatic carbocycles. The first kappa shape index (κ1) is 19.0. The van der Waals surface area contributed by atoms with E-state index in [1.54, 1.807) is 6.07 Å². The summed E-state index contributed by atoms with van der Waals surface area (Å²) in [6.45, 7) is 0.337. The molecule has 134 valence electrons. The van der Waals surface area contributed by atoms with Crippen LogP contribution in [0.2, 0.25) is 5.02 Å². The van der Waals surface area contributed by atoms with Crippen molar-refractivity contribution in [1.29, 1.82) is 0 Å². The van der Waals surface area contributed by atoms with E-state index >= 15 is 0 Å². The molecule has 25 heavy (non-hydrogen) atoms. The molecular formula is C16H16ClFN2O4S. The number of halogens is 2. The second-order valence-corrected chi connectivity index (χ2v) is 7.29. The predicted octanol–water partition coefficient (Wildman–Crippen LogP) is 2.66. The van der Waals surface area contributed by atoms with Gasteiger partial charge in [0.2, 0.25) is 10.0 Å². The molecule has 0 aromatic heterocycles. The molecule has 6 nitrogen and oxygen atoms in total. The molecule has 2 aromatic carbocycles. The summed E-state index contributed by atoms with van der Waals surface area (Å²) in [5.41, 5.74) is 0.356. The summed E-state index contributed by atoms with van der Waals surface area (Å²) in [7, 11) is -3.51. The topological polar surface area (TPSA) is 84.5 Å². The van der Waals surface area contributed by atoms with Crippen LogP contribution in [-0.2, 0) is 10.0 Å². The number of hydrogen-bond donors (Lipinski definition) is 2. The summed E-state index contributed by atoms with van der Waals surface area (Å²) in [5.74, 6) is -0.468. The highest BCUT2D eigenvalue weighted by atomic mass is 35.5. The Hall–Kier alpha value is -2.32. The van der Waals surface area contributed by atoms with Crippen LogP contribution >= 0.6 is 11.6 Å². The fraction of sp³-hybridized carbons (Fsp3) is 0.188. The van der Waals surface area contributed by atoms with Crippen LogP contribution < -0.4 is 14.8 Å². The maximum atomic E-state index is 13.0. The van der Waals surface area contributed by atoms with Crippen LogP contribution in [0, 0.1) is 5.82 Å². The van der Waals surface area contributed by atoms with E-state index in [4.69, 9.17) is 16.3 Å². The molecule has 2 aromatic rings. The molecule has 2 rings (SSSR count). The Morgan fingerprint density at radius 2 is 2.00 bits per heavy atom. The Kier molecular flexibility index (Phi) is 6.22. The molecule has 9 heteroatoms. The van der Waals surface area contributed by atoms with E-state index in [1.807, 2.05) is 0 Å². The number of nitrogens with one attached hydrogen (secondary N) is 2. The Labute approximate surface area is 150 Å². The van der Waals surface area contributed by atoms with Crippen LogP contribution in [0.1, 0.15) is 10.4 Å². The monoisotopic (exact) mass is 386 g/mol. The first-order valence-electron chi connectivity index (χ1n) is 7.18. The molecule has 0 radical (unpaired) electrons. The maximum absolute atomic E-state index is 13.0. The Bertz CT molecular complexity index is 874. The van der Waals surface area contributed by atoms with Crippen molar-refractivity contribution in [2.45, 2.75) is 0 Å². The summed E-state index contributed by atoms with van der Waals surface area (Å²) in [6, 6.07) is 9.90. The quantitative estimate of drug-likeness (QED) is 0.716. The largest absolute Gasteiger partial charge is 0.492 e. The van der Waals surface area contributed by atoms with E-state index in [0.29, 0.717) is 5.75 Å². The molecule has 0 heterocycles. The molecule has 1 amide bonds. The SMILES string of the molecule is CS(=O)(=O)Nc1cc(C(=O)NCCOc2cccc(F)c2)ccc1Cl. The van der Waals surface area contributed by atoms with Crippen LogP contribution in [-0.4, -0.2) is 33.7 Å². The summed E-state index contributed by atoms with van der Waals surface area (Å²) in [6.07, 6.45) is 0.986. The van der Waals surface area contributed by atoms with Gasteiger partial charge in [0.05, 0.1) is 23.5 Å². The normalized spacial score (nSPS) is 11.0. The molecule has 0 fully saturated rings. The molecule has 0 aliphatic rings. The van der Waals surface area contributed by atoms with Crippen molar-refractivity contribution in [3.05, 3.63) is 58.9 Å². The van der Waals surface area contributed by atoms with Crippen LogP contribution in [0.4, 0.5) is 10.1 Å². The lowest BCUT2D eigenvalue weighted by Crippen LogP contribution is -2.28. The standard InChI is InChI=1S/C16H16ClFN2O4S/c1-25(22,23)20-15-9-11(5-6-14(15)17)16(21)19-7-8-24-13-4-2-3-12(18)10-13/h2-6,9-10,20H,7-8H2,1H3,(H,19,21). The highest BCUT2D eigenvalue weighted by molar-refractivity contribution is 7.92. The van der Waals surface area contributed by atoms with Gasteiger partial charge in [0, 0.05) is 11.6 Å². The summed E-state index contributed by atoms with van der Waals surface area (Å²) < 4.78 is 43.1. The predicted molar refractivity (Wildman–Crippen MR) is 94.1 cm³/mol. The fourth-order valence-corrected chi connectivity index (χ4v) is 2.73. The Morgan fingerprint density at radius 3 is 2.68 bits per heavy atom. The van der Waals surface area contributed by atoms with E-state index in [0.717, 1.165) is 6.26 Å². The zero-order valence-corrected chi connectivity index (χ0v) is 14.8. The third-order valence-electron chi connectivity index (χ3n) is 2.98. The fourth-order valence-electron chi connectivity index (χ4n) is 1.94. The van der Waals surface area contributed by atoms with Crippen LogP contribution in [0.15, 0.2) is 42.5 Å². The average molecular weight is 387 g/mol. The Morgan fingerprint density at radius 1 is 1.24 bits per heavy atom. The molecule has 0 atom stereocenters. The van der Waals surface area contributed by atoms with Crippen molar-refractivity contribution in [3.63, 3.8) is 0 Å². The minimum Gasteiger partial charge on any atom is -0.492 e. The number of sulfonamides is 1. The number of rotatable bonds is 7. The van der Waals surface area contributed by atoms with Gasteiger partial charge in [-0.3, -0.25) is 9.52 Å². The summed E-state index contributed by atoms with van der Waals surface area (Å²) in [4.78, 5) is 12.1. The first-order chi connectivity index (χ1) is 11.7. The molecule has 0 bridgehead atoms. The third-order valence-corrected chi connectivity index (χ3v) is 3.90. The second kappa shape index (κ2) is 8.17. The van der Waals surface area contributed by atoms with Gasteiger partial charge in [-0.25, -0.2) is 12.8 Å². The number of amides is 1. The minimum absolute atomic E-state index is 0.118. The average Bonchev–Trinajstić information content (AvgIpc) is 2.52. The van der Waals surface area contributed by atoms with Gasteiger partial charge in [-0.05, 0) is 30.3 Å². The van der Waals surface area contributed by atoms with Gasteiger partial charge in [0.15, 0.2) is 0 Å². The lowest BCUT2D eigenvalue weighted by Gasteiger charge is -2.10. The lowest BCUT2D eigenvalue weighted by atomic mass is 10.2. The third kappa shape index (κ3) is 6.24. The highest BCUT2D eigenvalue weighted by Crippen LogP contribution is 2.23. The number of ether oxygens (including phenoxy) is 1. The van der Waals surface area contributed by atoms with E-state index < -0.39 is 21.7 Å². The maximum Gasteiger partial charge on any atom is 0.251 e. The first-order valence-corrected chi connectivity index (χ1v) is 9.45. The lowest BCUT2D eigenvalue weighted by molar-refractivity contribution is 0.0947. The second-order valence-electron chi connectivity index (χ2n) is 5.13. The zero-order valence-electron chi connectivity index (χ0n) is 13.3. The highest BCUT2D eigenvalue weighted by Gasteiger charge is 2.11. The number of carbonyl (C=O) groups excluding carboxylic acids is 1. The zero-order chi connectivity index (χ0) is 18.4. The van der Waals surface area contributed by atoms with Crippen molar-refractivity contribution in [2.24, 2.45) is 0 Å². The molecule has 0 aliphatic heterocycles. The summed E-state index contributed by atoms with van der Waals surface area (Å²) >= 11 is 5.91. The Balaban J connectivity index is 1.91. The van der Waals surface area contributed by atoms with E-state index in [2.05, 4.69) is 10.0 Å². The van der Waals surface area contributed by atoms with Crippen molar-refractivity contribution in [2.75, 3.05) is 24.1 Å². The number of carbonyl (C=O) groups is 1. The van der Waals surface area contributed by atoms with Gasteiger partial charge >= 0.3 is 0 Å². The molecule has 0 saturated carbocycles. The van der Waals surface area contributed by atoms with Gasteiger partial charge in [-0.1, -0.05) is 17.7 Å². The molecule has 2 N–H and O–H groups in total. The van der Waals surface area contributed by atoms with Gasteiger partial charge in [-0.15, -0.1) is 0 Å². The molecular weight excluding hydrogens is 371 g/mol. The van der Waals surface area contributed by atoms with Crippen LogP contribution in [0.3, 0.4) is 0 Å². The molecule has 0 saturated heterocycles. The minimum atomic E-state index is -3.51. The van der Waals surface area contributed by atoms with Crippen molar-refractivity contribution < 1.29 is 22.3 Å². The van der Waals surface area contributed by atoms with Crippen molar-refractivity contribution >= 4 is 33.2 Å². The summed E-state index contributed by atoms with van der Waals surface area (Å²) in [5, 5.41) is 2.79. The van der Waals surface area contributed by atoms with Crippen molar-refractivity contribution in [1.82, 2.24) is 5.32 Å². The van der Waals surface area contributed by atoms with Gasteiger partial charge in [0.25, 0.3) is 5.91 Å². The van der Waals surface area contributed by atoms with Gasteiger partial charge in [0.1, 0.15) is 18.2 Å². The van der Waals surface area contributed by atoms with Gasteiger partial charge < -0.3 is 10.1 Å². The van der Waals surface area contributed by atoms with E-state index in [1.165, 1.54) is 36.4 Å². The number of benzene rings is 2. The smallest absolute Gasteiger partial charge is 0.251 e. The van der Waals surface area contributed by atoms with Crippen molar-refractivity contribution in [3.8, 4) is 5.75 Å².